The van der Waals surface area contributed by atoms with Crippen LogP contribution < -0.4 is 0 Å². The Balaban J connectivity index is 2.08. The topological polar surface area (TPSA) is 40.5 Å². The van der Waals surface area contributed by atoms with Crippen molar-refractivity contribution in [3.05, 3.63) is 140 Å². The van der Waals surface area contributed by atoms with E-state index in [2.05, 4.69) is 31.9 Å². The number of benzene rings is 4. The third kappa shape index (κ3) is 3.54. The molecule has 0 spiro atoms. The number of hydrogen-bond donors (Lipinski definition) is 2. The Hall–Kier alpha value is -2.24. The molecule has 0 saturated heterocycles. The molecular weight excluding hydrogens is 504 g/mol. The first kappa shape index (κ1) is 21.0. The van der Waals surface area contributed by atoms with Gasteiger partial charge in [0.15, 0.2) is 11.2 Å². The van der Waals surface area contributed by atoms with E-state index in [9.17, 15) is 10.2 Å². The van der Waals surface area contributed by atoms with Crippen LogP contribution in [0.1, 0.15) is 22.3 Å². The summed E-state index contributed by atoms with van der Waals surface area (Å²) in [5.74, 6) is 0. The Labute approximate surface area is 193 Å². The first-order valence-electron chi connectivity index (χ1n) is 9.54. The number of aliphatic hydroxyl groups is 2. The van der Waals surface area contributed by atoms with E-state index in [1.807, 2.05) is 109 Å². The number of halogens is 2. The van der Waals surface area contributed by atoms with Crippen molar-refractivity contribution in [3.63, 3.8) is 0 Å². The zero-order valence-corrected chi connectivity index (χ0v) is 19.2. The van der Waals surface area contributed by atoms with Gasteiger partial charge in [-0.2, -0.15) is 0 Å². The highest BCUT2D eigenvalue weighted by molar-refractivity contribution is 9.10. The molecule has 0 saturated carbocycles. The molecule has 0 aliphatic rings. The quantitative estimate of drug-likeness (QED) is 0.318. The molecule has 2 nitrogen and oxygen atoms in total. The van der Waals surface area contributed by atoms with Crippen LogP contribution in [0.2, 0.25) is 0 Å². The van der Waals surface area contributed by atoms with Gasteiger partial charge < -0.3 is 10.2 Å². The van der Waals surface area contributed by atoms with E-state index in [4.69, 9.17) is 0 Å². The summed E-state index contributed by atoms with van der Waals surface area (Å²) in [6, 6.07) is 33.5. The van der Waals surface area contributed by atoms with Crippen LogP contribution in [0.3, 0.4) is 0 Å². The maximum Gasteiger partial charge on any atom is 0.152 e. The molecule has 4 aromatic rings. The van der Waals surface area contributed by atoms with E-state index in [1.54, 1.807) is 0 Å². The Morgan fingerprint density at radius 3 is 0.967 bits per heavy atom. The van der Waals surface area contributed by atoms with Crippen molar-refractivity contribution < 1.29 is 10.2 Å². The minimum absolute atomic E-state index is 0.589. The summed E-state index contributed by atoms with van der Waals surface area (Å²) < 4.78 is 1.79. The monoisotopic (exact) mass is 522 g/mol. The van der Waals surface area contributed by atoms with Gasteiger partial charge in [-0.3, -0.25) is 0 Å². The number of rotatable bonds is 5. The lowest BCUT2D eigenvalue weighted by Gasteiger charge is -2.45. The Morgan fingerprint density at radius 2 is 0.667 bits per heavy atom. The van der Waals surface area contributed by atoms with E-state index in [0.29, 0.717) is 22.3 Å². The van der Waals surface area contributed by atoms with Crippen LogP contribution in [-0.2, 0) is 11.2 Å². The molecule has 4 aromatic carbocycles. The summed E-state index contributed by atoms with van der Waals surface area (Å²) in [7, 11) is 0. The van der Waals surface area contributed by atoms with Gasteiger partial charge in [0.2, 0.25) is 0 Å². The highest BCUT2D eigenvalue weighted by Gasteiger charge is 2.54. The molecule has 0 aliphatic carbocycles. The van der Waals surface area contributed by atoms with Gasteiger partial charge in [-0.1, -0.05) is 117 Å². The summed E-state index contributed by atoms with van der Waals surface area (Å²) >= 11 is 6.93. The molecule has 0 radical (unpaired) electrons. The van der Waals surface area contributed by atoms with Crippen LogP contribution in [0, 0.1) is 0 Å². The van der Waals surface area contributed by atoms with Crippen molar-refractivity contribution in [1.82, 2.24) is 0 Å². The molecule has 0 fully saturated rings. The van der Waals surface area contributed by atoms with Crippen molar-refractivity contribution in [2.75, 3.05) is 0 Å². The summed E-state index contributed by atoms with van der Waals surface area (Å²) in [5.41, 5.74) is -1.12. The first-order chi connectivity index (χ1) is 14.5. The number of hydrogen-bond acceptors (Lipinski definition) is 2. The second kappa shape index (κ2) is 8.48. The maximum absolute atomic E-state index is 12.5. The molecule has 0 amide bonds. The molecule has 2 N–H and O–H groups in total. The fourth-order valence-electron chi connectivity index (χ4n) is 3.91. The fraction of sp³-hybridized carbons (Fsp3) is 0.0769. The van der Waals surface area contributed by atoms with Crippen molar-refractivity contribution >= 4 is 31.9 Å². The molecule has 0 aliphatic heterocycles. The van der Waals surface area contributed by atoms with Gasteiger partial charge in [0.25, 0.3) is 0 Å². The lowest BCUT2D eigenvalue weighted by Crippen LogP contribution is -2.51. The Kier molecular flexibility index (Phi) is 5.94. The SMILES string of the molecule is O[C@](c1ccccc1)(c1ccc(Br)cc1)[C@@](O)(c1ccccc1)c1ccc(Br)cc1. The van der Waals surface area contributed by atoms with Crippen LogP contribution in [0.25, 0.3) is 0 Å². The second-order valence-electron chi connectivity index (χ2n) is 7.17. The van der Waals surface area contributed by atoms with Gasteiger partial charge in [-0.15, -0.1) is 0 Å². The summed E-state index contributed by atoms with van der Waals surface area (Å²) in [4.78, 5) is 0. The molecule has 0 bridgehead atoms. The first-order valence-corrected chi connectivity index (χ1v) is 11.1. The van der Waals surface area contributed by atoms with Crippen LogP contribution >= 0.6 is 31.9 Å². The van der Waals surface area contributed by atoms with Gasteiger partial charge in [0.05, 0.1) is 0 Å². The van der Waals surface area contributed by atoms with E-state index in [0.717, 1.165) is 8.95 Å². The molecule has 0 aromatic heterocycles. The maximum atomic E-state index is 12.5. The zero-order chi connectivity index (χ0) is 21.2. The standard InChI is InChI=1S/C26H20Br2O2/c27-23-15-11-21(12-16-23)25(29,19-7-3-1-4-8-19)26(30,20-9-5-2-6-10-20)22-13-17-24(28)18-14-22/h1-18,29-30H/t25-,26-/m1/s1. The van der Waals surface area contributed by atoms with E-state index in [1.165, 1.54) is 0 Å². The van der Waals surface area contributed by atoms with Gasteiger partial charge in [-0.05, 0) is 46.5 Å². The van der Waals surface area contributed by atoms with Crippen molar-refractivity contribution in [2.45, 2.75) is 11.2 Å². The molecule has 0 heterocycles. The normalized spacial score (nSPS) is 15.2. The van der Waals surface area contributed by atoms with E-state index < -0.39 is 11.2 Å². The lowest BCUT2D eigenvalue weighted by atomic mass is 9.66. The molecule has 4 heteroatoms. The minimum atomic E-state index is -1.75. The third-order valence-electron chi connectivity index (χ3n) is 5.43. The molecule has 30 heavy (non-hydrogen) atoms. The summed E-state index contributed by atoms with van der Waals surface area (Å²) in [6.45, 7) is 0. The van der Waals surface area contributed by atoms with Crippen molar-refractivity contribution in [3.8, 4) is 0 Å². The average molecular weight is 524 g/mol. The van der Waals surface area contributed by atoms with Crippen molar-refractivity contribution in [2.24, 2.45) is 0 Å². The summed E-state index contributed by atoms with van der Waals surface area (Å²) in [5, 5.41) is 24.9. The second-order valence-corrected chi connectivity index (χ2v) is 9.00. The zero-order valence-electron chi connectivity index (χ0n) is 16.0. The molecule has 150 valence electrons. The van der Waals surface area contributed by atoms with Crippen molar-refractivity contribution in [1.29, 1.82) is 0 Å². The minimum Gasteiger partial charge on any atom is -0.377 e. The highest BCUT2D eigenvalue weighted by Crippen LogP contribution is 2.49. The largest absolute Gasteiger partial charge is 0.377 e. The Bertz CT molecular complexity index is 1020. The van der Waals surface area contributed by atoms with Crippen LogP contribution in [-0.4, -0.2) is 10.2 Å². The fourth-order valence-corrected chi connectivity index (χ4v) is 4.44. The molecule has 4 rings (SSSR count). The summed E-state index contributed by atoms with van der Waals surface area (Å²) in [6.07, 6.45) is 0. The van der Waals surface area contributed by atoms with E-state index in [-0.39, 0.29) is 0 Å². The van der Waals surface area contributed by atoms with Gasteiger partial charge >= 0.3 is 0 Å². The highest BCUT2D eigenvalue weighted by atomic mass is 79.9. The van der Waals surface area contributed by atoms with E-state index >= 15 is 0 Å². The molecular formula is C26H20Br2O2. The van der Waals surface area contributed by atoms with Gasteiger partial charge in [0, 0.05) is 8.95 Å². The van der Waals surface area contributed by atoms with Gasteiger partial charge in [0.1, 0.15) is 0 Å². The molecule has 0 unspecified atom stereocenters. The lowest BCUT2D eigenvalue weighted by molar-refractivity contribution is -0.113. The third-order valence-corrected chi connectivity index (χ3v) is 6.49. The van der Waals surface area contributed by atoms with Crippen LogP contribution in [0.5, 0.6) is 0 Å². The Morgan fingerprint density at radius 1 is 0.400 bits per heavy atom. The van der Waals surface area contributed by atoms with Crippen LogP contribution in [0.4, 0.5) is 0 Å². The molecule has 2 atom stereocenters. The van der Waals surface area contributed by atoms with Crippen LogP contribution in [0.15, 0.2) is 118 Å². The smallest absolute Gasteiger partial charge is 0.152 e. The average Bonchev–Trinajstić information content (AvgIpc) is 2.80. The predicted molar refractivity (Wildman–Crippen MR) is 127 cm³/mol. The predicted octanol–water partition coefficient (Wildman–Crippen LogP) is 6.38. The van der Waals surface area contributed by atoms with Gasteiger partial charge in [-0.25, -0.2) is 0 Å².